The molecule has 5 nitrogen and oxygen atoms in total. The molecule has 0 spiro atoms. The van der Waals surface area contributed by atoms with Crippen LogP contribution in [-0.4, -0.2) is 40.0 Å². The SMILES string of the molecule is O=C(O)CSCCNC(=O)c1ccc(C(F)(F)F)cn1. The predicted octanol–water partition coefficient (Wildman–Crippen LogP) is 1.65. The zero-order chi connectivity index (χ0) is 15.2. The molecule has 0 saturated carbocycles. The summed E-state index contributed by atoms with van der Waals surface area (Å²) in [6, 6.07) is 1.77. The fraction of sp³-hybridized carbons (Fsp3) is 0.364. The van der Waals surface area contributed by atoms with E-state index in [2.05, 4.69) is 10.3 Å². The Balaban J connectivity index is 2.42. The number of nitrogens with one attached hydrogen (secondary N) is 1. The van der Waals surface area contributed by atoms with Gasteiger partial charge in [-0.15, -0.1) is 11.8 Å². The van der Waals surface area contributed by atoms with Crippen molar-refractivity contribution in [2.24, 2.45) is 0 Å². The van der Waals surface area contributed by atoms with Gasteiger partial charge in [0.05, 0.1) is 11.3 Å². The number of rotatable bonds is 6. The van der Waals surface area contributed by atoms with Crippen molar-refractivity contribution in [2.75, 3.05) is 18.1 Å². The minimum absolute atomic E-state index is 0.0750. The number of nitrogens with zero attached hydrogens (tertiary/aromatic N) is 1. The molecule has 1 amide bonds. The number of pyridine rings is 1. The van der Waals surface area contributed by atoms with Gasteiger partial charge < -0.3 is 10.4 Å². The first-order valence-corrected chi connectivity index (χ1v) is 6.57. The molecule has 0 aromatic carbocycles. The van der Waals surface area contributed by atoms with Crippen LogP contribution in [0.3, 0.4) is 0 Å². The van der Waals surface area contributed by atoms with E-state index in [1.807, 2.05) is 0 Å². The first kappa shape index (κ1) is 16.3. The molecule has 0 aliphatic heterocycles. The monoisotopic (exact) mass is 308 g/mol. The lowest BCUT2D eigenvalue weighted by Crippen LogP contribution is -2.27. The summed E-state index contributed by atoms with van der Waals surface area (Å²) < 4.78 is 36.8. The second-order valence-corrected chi connectivity index (χ2v) is 4.74. The molecule has 110 valence electrons. The van der Waals surface area contributed by atoms with Crippen molar-refractivity contribution in [3.8, 4) is 0 Å². The molecule has 1 aromatic heterocycles. The highest BCUT2D eigenvalue weighted by atomic mass is 32.2. The van der Waals surface area contributed by atoms with Crippen molar-refractivity contribution < 1.29 is 27.9 Å². The Morgan fingerprint density at radius 1 is 1.35 bits per heavy atom. The lowest BCUT2D eigenvalue weighted by atomic mass is 10.2. The Morgan fingerprint density at radius 2 is 2.05 bits per heavy atom. The molecule has 9 heteroatoms. The van der Waals surface area contributed by atoms with Gasteiger partial charge in [0.1, 0.15) is 5.69 Å². The Labute approximate surface area is 116 Å². The standard InChI is InChI=1S/C11H11F3N2O3S/c12-11(13,14)7-1-2-8(16-5-7)10(19)15-3-4-20-6-9(17)18/h1-2,5H,3-4,6H2,(H,15,19)(H,17,18). The number of hydrogen-bond donors (Lipinski definition) is 2. The normalized spacial score (nSPS) is 11.2. The van der Waals surface area contributed by atoms with Crippen LogP contribution in [0.25, 0.3) is 0 Å². The molecule has 2 N–H and O–H groups in total. The van der Waals surface area contributed by atoms with Crippen LogP contribution in [0.5, 0.6) is 0 Å². The van der Waals surface area contributed by atoms with Gasteiger partial charge in [-0.05, 0) is 12.1 Å². The molecule has 0 radical (unpaired) electrons. The maximum Gasteiger partial charge on any atom is 0.417 e. The van der Waals surface area contributed by atoms with E-state index in [-0.39, 0.29) is 18.0 Å². The molecule has 0 fully saturated rings. The van der Waals surface area contributed by atoms with Crippen molar-refractivity contribution in [1.82, 2.24) is 10.3 Å². The lowest BCUT2D eigenvalue weighted by molar-refractivity contribution is -0.138. The summed E-state index contributed by atoms with van der Waals surface area (Å²) >= 11 is 1.12. The van der Waals surface area contributed by atoms with Crippen molar-refractivity contribution in [2.45, 2.75) is 6.18 Å². The maximum absolute atomic E-state index is 12.3. The van der Waals surface area contributed by atoms with Gasteiger partial charge >= 0.3 is 12.1 Å². The van der Waals surface area contributed by atoms with Gasteiger partial charge in [0, 0.05) is 18.5 Å². The number of alkyl halides is 3. The van der Waals surface area contributed by atoms with Gasteiger partial charge in [-0.3, -0.25) is 14.6 Å². The summed E-state index contributed by atoms with van der Waals surface area (Å²) in [4.78, 5) is 25.2. The highest BCUT2D eigenvalue weighted by molar-refractivity contribution is 7.99. The van der Waals surface area contributed by atoms with Crippen molar-refractivity contribution in [3.05, 3.63) is 29.6 Å². The molecule has 0 atom stereocenters. The number of amides is 1. The van der Waals surface area contributed by atoms with E-state index >= 15 is 0 Å². The van der Waals surface area contributed by atoms with Crippen LogP contribution in [0, 0.1) is 0 Å². The van der Waals surface area contributed by atoms with Crippen molar-refractivity contribution in [3.63, 3.8) is 0 Å². The molecule has 20 heavy (non-hydrogen) atoms. The molecule has 0 bridgehead atoms. The average Bonchev–Trinajstić information content (AvgIpc) is 2.37. The van der Waals surface area contributed by atoms with E-state index in [4.69, 9.17) is 5.11 Å². The summed E-state index contributed by atoms with van der Waals surface area (Å²) in [5.74, 6) is -1.24. The Hall–Kier alpha value is -1.77. The summed E-state index contributed by atoms with van der Waals surface area (Å²) in [7, 11) is 0. The predicted molar refractivity (Wildman–Crippen MR) is 66.5 cm³/mol. The van der Waals surface area contributed by atoms with Crippen molar-refractivity contribution >= 4 is 23.6 Å². The Kier molecular flexibility index (Phi) is 5.81. The molecule has 0 aliphatic rings. The van der Waals surface area contributed by atoms with Crippen LogP contribution >= 0.6 is 11.8 Å². The zero-order valence-electron chi connectivity index (χ0n) is 10.1. The van der Waals surface area contributed by atoms with E-state index in [0.717, 1.165) is 23.9 Å². The summed E-state index contributed by atoms with van der Waals surface area (Å²) in [6.07, 6.45) is -3.90. The lowest BCUT2D eigenvalue weighted by Gasteiger charge is -2.07. The molecular weight excluding hydrogens is 297 g/mol. The number of hydrogen-bond acceptors (Lipinski definition) is 4. The van der Waals surface area contributed by atoms with Gasteiger partial charge in [0.15, 0.2) is 0 Å². The van der Waals surface area contributed by atoms with E-state index in [1.54, 1.807) is 0 Å². The number of thioether (sulfide) groups is 1. The third-order valence-electron chi connectivity index (χ3n) is 2.08. The van der Waals surface area contributed by atoms with Gasteiger partial charge in [-0.2, -0.15) is 13.2 Å². The smallest absolute Gasteiger partial charge is 0.417 e. The first-order valence-electron chi connectivity index (χ1n) is 5.41. The van der Waals surface area contributed by atoms with E-state index in [9.17, 15) is 22.8 Å². The number of halogens is 3. The molecule has 0 unspecified atom stereocenters. The topological polar surface area (TPSA) is 79.3 Å². The fourth-order valence-corrected chi connectivity index (χ4v) is 1.75. The zero-order valence-corrected chi connectivity index (χ0v) is 10.9. The molecule has 0 aliphatic carbocycles. The number of aliphatic carboxylic acids is 1. The van der Waals surface area contributed by atoms with E-state index < -0.39 is 23.6 Å². The average molecular weight is 308 g/mol. The minimum Gasteiger partial charge on any atom is -0.481 e. The number of carboxylic acids is 1. The third-order valence-corrected chi connectivity index (χ3v) is 3.02. The highest BCUT2D eigenvalue weighted by Gasteiger charge is 2.30. The fourth-order valence-electron chi connectivity index (χ4n) is 1.18. The van der Waals surface area contributed by atoms with E-state index in [1.165, 1.54) is 0 Å². The summed E-state index contributed by atoms with van der Waals surface area (Å²) in [5, 5.41) is 10.8. The van der Waals surface area contributed by atoms with Crippen LogP contribution in [0.15, 0.2) is 18.3 Å². The Bertz CT molecular complexity index is 477. The highest BCUT2D eigenvalue weighted by Crippen LogP contribution is 2.28. The molecule has 1 aromatic rings. The van der Waals surface area contributed by atoms with E-state index in [0.29, 0.717) is 11.9 Å². The second kappa shape index (κ2) is 7.13. The number of aromatic nitrogens is 1. The van der Waals surface area contributed by atoms with Crippen LogP contribution in [0.1, 0.15) is 16.1 Å². The number of carbonyl (C=O) groups excluding carboxylic acids is 1. The summed E-state index contributed by atoms with van der Waals surface area (Å²) in [6.45, 7) is 0.208. The van der Waals surface area contributed by atoms with Crippen LogP contribution in [0.2, 0.25) is 0 Å². The molecular formula is C11H11F3N2O3S. The first-order chi connectivity index (χ1) is 9.30. The van der Waals surface area contributed by atoms with Crippen LogP contribution in [0.4, 0.5) is 13.2 Å². The number of carbonyl (C=O) groups is 2. The molecule has 1 heterocycles. The summed E-state index contributed by atoms with van der Waals surface area (Å²) in [5.41, 5.74) is -1.05. The van der Waals surface area contributed by atoms with Crippen LogP contribution in [-0.2, 0) is 11.0 Å². The largest absolute Gasteiger partial charge is 0.481 e. The van der Waals surface area contributed by atoms with Gasteiger partial charge in [-0.25, -0.2) is 0 Å². The third kappa shape index (κ3) is 5.47. The quantitative estimate of drug-likeness (QED) is 0.781. The van der Waals surface area contributed by atoms with Crippen LogP contribution < -0.4 is 5.32 Å². The minimum atomic E-state index is -4.49. The Morgan fingerprint density at radius 3 is 2.55 bits per heavy atom. The van der Waals surface area contributed by atoms with Gasteiger partial charge in [-0.1, -0.05) is 0 Å². The number of carboxylic acid groups (broad SMARTS) is 1. The van der Waals surface area contributed by atoms with Gasteiger partial charge in [0.25, 0.3) is 5.91 Å². The van der Waals surface area contributed by atoms with Gasteiger partial charge in [0.2, 0.25) is 0 Å². The second-order valence-electron chi connectivity index (χ2n) is 3.63. The molecule has 0 saturated heterocycles. The molecule has 1 rings (SSSR count). The van der Waals surface area contributed by atoms with Crippen molar-refractivity contribution in [1.29, 1.82) is 0 Å². The maximum atomic E-state index is 12.3.